The zero-order valence-electron chi connectivity index (χ0n) is 16.6. The normalized spacial score (nSPS) is 11.7. The van der Waals surface area contributed by atoms with Gasteiger partial charge in [-0.25, -0.2) is 13.4 Å². The molecule has 160 valence electrons. The number of anilines is 1. The maximum Gasteiger partial charge on any atom is 0.257 e. The summed E-state index contributed by atoms with van der Waals surface area (Å²) in [5.74, 6) is -0.344. The Kier molecular flexibility index (Phi) is 7.65. The molecule has 6 nitrogen and oxygen atoms in total. The fourth-order valence-corrected chi connectivity index (χ4v) is 6.25. The van der Waals surface area contributed by atoms with Gasteiger partial charge in [0.15, 0.2) is 5.13 Å². The molecule has 2 aromatic heterocycles. The first kappa shape index (κ1) is 22.9. The maximum absolute atomic E-state index is 12.8. The minimum absolute atomic E-state index is 0.187. The highest BCUT2D eigenvalue weighted by Gasteiger charge is 2.23. The van der Waals surface area contributed by atoms with E-state index in [1.54, 1.807) is 6.07 Å². The third-order valence-corrected chi connectivity index (χ3v) is 8.17. The summed E-state index contributed by atoms with van der Waals surface area (Å²) in [6, 6.07) is 9.68. The minimum Gasteiger partial charge on any atom is -0.298 e. The molecule has 3 aromatic rings. The van der Waals surface area contributed by atoms with Crippen molar-refractivity contribution in [2.24, 2.45) is 0 Å². The first-order valence-electron chi connectivity index (χ1n) is 9.48. The van der Waals surface area contributed by atoms with Crippen molar-refractivity contribution in [3.8, 4) is 10.6 Å². The molecule has 0 aliphatic rings. The number of hydrogen-bond acceptors (Lipinski definition) is 6. The van der Waals surface area contributed by atoms with Crippen LogP contribution in [0.2, 0.25) is 4.34 Å². The minimum atomic E-state index is -3.57. The number of aromatic nitrogens is 1. The molecule has 3 rings (SSSR count). The number of amides is 1. The van der Waals surface area contributed by atoms with Gasteiger partial charge < -0.3 is 0 Å². The van der Waals surface area contributed by atoms with Gasteiger partial charge in [0.1, 0.15) is 0 Å². The maximum atomic E-state index is 12.8. The van der Waals surface area contributed by atoms with E-state index in [-0.39, 0.29) is 10.8 Å². The number of rotatable bonds is 9. The Bertz CT molecular complexity index is 1100. The second-order valence-corrected chi connectivity index (χ2v) is 11.0. The van der Waals surface area contributed by atoms with Crippen LogP contribution in [0.3, 0.4) is 0 Å². The summed E-state index contributed by atoms with van der Waals surface area (Å²) >= 11 is 8.69. The van der Waals surface area contributed by atoms with Crippen molar-refractivity contribution in [2.75, 3.05) is 18.4 Å². The first-order chi connectivity index (χ1) is 14.3. The van der Waals surface area contributed by atoms with Gasteiger partial charge in [-0.1, -0.05) is 25.4 Å². The molecular formula is C20H22ClN3O3S3. The molecule has 1 aromatic carbocycles. The Hall–Kier alpha value is -1.78. The number of sulfonamides is 1. The van der Waals surface area contributed by atoms with Gasteiger partial charge in [-0.05, 0) is 49.2 Å². The largest absolute Gasteiger partial charge is 0.298 e. The van der Waals surface area contributed by atoms with Crippen LogP contribution in [0.25, 0.3) is 10.6 Å². The smallest absolute Gasteiger partial charge is 0.257 e. The van der Waals surface area contributed by atoms with Crippen molar-refractivity contribution in [3.63, 3.8) is 0 Å². The van der Waals surface area contributed by atoms with Crippen LogP contribution >= 0.6 is 34.3 Å². The second kappa shape index (κ2) is 10.0. The van der Waals surface area contributed by atoms with E-state index in [2.05, 4.69) is 10.3 Å². The van der Waals surface area contributed by atoms with Crippen molar-refractivity contribution in [2.45, 2.75) is 31.6 Å². The molecule has 2 heterocycles. The fourth-order valence-electron chi connectivity index (χ4n) is 2.84. The van der Waals surface area contributed by atoms with Crippen molar-refractivity contribution in [1.82, 2.24) is 9.29 Å². The Morgan fingerprint density at radius 1 is 1.10 bits per heavy atom. The molecule has 0 bridgehead atoms. The van der Waals surface area contributed by atoms with Crippen LogP contribution in [-0.4, -0.2) is 36.7 Å². The van der Waals surface area contributed by atoms with Crippen molar-refractivity contribution in [3.05, 3.63) is 51.7 Å². The van der Waals surface area contributed by atoms with E-state index < -0.39 is 10.0 Å². The van der Waals surface area contributed by atoms with E-state index in [1.165, 1.54) is 51.2 Å². The molecule has 1 amide bonds. The number of benzene rings is 1. The molecule has 0 fully saturated rings. The number of carbonyl (C=O) groups is 1. The molecule has 0 atom stereocenters. The van der Waals surface area contributed by atoms with Gasteiger partial charge in [-0.15, -0.1) is 22.7 Å². The summed E-state index contributed by atoms with van der Waals surface area (Å²) in [4.78, 5) is 18.1. The number of carbonyl (C=O) groups excluding carboxylic acids is 1. The van der Waals surface area contributed by atoms with Gasteiger partial charge in [-0.2, -0.15) is 4.31 Å². The lowest BCUT2D eigenvalue weighted by molar-refractivity contribution is 0.102. The number of hydrogen-bond donors (Lipinski definition) is 1. The SMILES string of the molecule is CCCN(CCC)S(=O)(=O)c1ccc(C(=O)Nc2nc(-c3ccc(Cl)s3)cs2)cc1. The summed E-state index contributed by atoms with van der Waals surface area (Å²) in [7, 11) is -3.57. The molecule has 0 aliphatic heterocycles. The highest BCUT2D eigenvalue weighted by Crippen LogP contribution is 2.33. The lowest BCUT2D eigenvalue weighted by Crippen LogP contribution is -2.32. The topological polar surface area (TPSA) is 79.4 Å². The summed E-state index contributed by atoms with van der Waals surface area (Å²) in [5, 5.41) is 5.07. The van der Waals surface area contributed by atoms with Crippen molar-refractivity contribution in [1.29, 1.82) is 0 Å². The lowest BCUT2D eigenvalue weighted by atomic mass is 10.2. The van der Waals surface area contributed by atoms with Gasteiger partial charge in [-0.3, -0.25) is 10.1 Å². The summed E-state index contributed by atoms with van der Waals surface area (Å²) in [5.41, 5.74) is 1.11. The molecule has 0 unspecified atom stereocenters. The summed E-state index contributed by atoms with van der Waals surface area (Å²) < 4.78 is 27.8. The average Bonchev–Trinajstić information content (AvgIpc) is 3.36. The molecule has 0 saturated heterocycles. The number of thiophene rings is 1. The van der Waals surface area contributed by atoms with E-state index in [4.69, 9.17) is 11.6 Å². The molecular weight excluding hydrogens is 462 g/mol. The zero-order valence-corrected chi connectivity index (χ0v) is 19.8. The average molecular weight is 484 g/mol. The predicted octanol–water partition coefficient (Wildman–Crippen LogP) is 5.59. The molecule has 0 radical (unpaired) electrons. The van der Waals surface area contributed by atoms with Crippen LogP contribution in [-0.2, 0) is 10.0 Å². The van der Waals surface area contributed by atoms with E-state index >= 15 is 0 Å². The van der Waals surface area contributed by atoms with E-state index in [1.807, 2.05) is 25.3 Å². The molecule has 1 N–H and O–H groups in total. The molecule has 0 aliphatic carbocycles. The van der Waals surface area contributed by atoms with Crippen LogP contribution in [0.1, 0.15) is 37.0 Å². The Labute approximate surface area is 189 Å². The van der Waals surface area contributed by atoms with Crippen LogP contribution in [0, 0.1) is 0 Å². The van der Waals surface area contributed by atoms with Crippen LogP contribution in [0.5, 0.6) is 0 Å². The zero-order chi connectivity index (χ0) is 21.7. The van der Waals surface area contributed by atoms with Crippen molar-refractivity contribution < 1.29 is 13.2 Å². The van der Waals surface area contributed by atoms with E-state index in [0.717, 1.165) is 23.4 Å². The summed E-state index contributed by atoms with van der Waals surface area (Å²) in [6.07, 6.45) is 1.49. The number of nitrogens with zero attached hydrogens (tertiary/aromatic N) is 2. The van der Waals surface area contributed by atoms with E-state index in [0.29, 0.717) is 28.1 Å². The van der Waals surface area contributed by atoms with Crippen molar-refractivity contribution >= 4 is 55.3 Å². The van der Waals surface area contributed by atoms with Gasteiger partial charge in [0.05, 0.1) is 19.8 Å². The Balaban J connectivity index is 1.71. The van der Waals surface area contributed by atoms with Gasteiger partial charge >= 0.3 is 0 Å². The highest BCUT2D eigenvalue weighted by molar-refractivity contribution is 7.89. The summed E-state index contributed by atoms with van der Waals surface area (Å²) in [6.45, 7) is 4.84. The molecule has 0 spiro atoms. The van der Waals surface area contributed by atoms with Crippen LogP contribution in [0.15, 0.2) is 46.7 Å². The number of halogens is 1. The Morgan fingerprint density at radius 3 is 2.33 bits per heavy atom. The van der Waals surface area contributed by atoms with Crippen LogP contribution in [0.4, 0.5) is 5.13 Å². The number of nitrogens with one attached hydrogen (secondary N) is 1. The molecule has 10 heteroatoms. The highest BCUT2D eigenvalue weighted by atomic mass is 35.5. The lowest BCUT2D eigenvalue weighted by Gasteiger charge is -2.21. The van der Waals surface area contributed by atoms with Gasteiger partial charge in [0, 0.05) is 24.0 Å². The third-order valence-electron chi connectivity index (χ3n) is 4.25. The second-order valence-electron chi connectivity index (χ2n) is 6.52. The van der Waals surface area contributed by atoms with Gasteiger partial charge in [0.25, 0.3) is 5.91 Å². The Morgan fingerprint density at radius 2 is 1.77 bits per heavy atom. The van der Waals surface area contributed by atoms with Gasteiger partial charge in [0.2, 0.25) is 10.0 Å². The first-order valence-corrected chi connectivity index (χ1v) is 13.0. The monoisotopic (exact) mass is 483 g/mol. The molecule has 30 heavy (non-hydrogen) atoms. The number of thiazole rings is 1. The third kappa shape index (κ3) is 5.28. The molecule has 0 saturated carbocycles. The van der Waals surface area contributed by atoms with E-state index in [9.17, 15) is 13.2 Å². The fraction of sp³-hybridized carbons (Fsp3) is 0.300. The standard InChI is InChI=1S/C20H22ClN3O3S3/c1-3-11-24(12-4-2)30(26,27)15-7-5-14(6-8-15)19(25)23-20-22-16(13-28-20)17-9-10-18(21)29-17/h5-10,13H,3-4,11-12H2,1-2H3,(H,22,23,25). The van der Waals surface area contributed by atoms with Crippen LogP contribution < -0.4 is 5.32 Å². The predicted molar refractivity (Wildman–Crippen MR) is 124 cm³/mol. The quantitative estimate of drug-likeness (QED) is 0.430.